The Labute approximate surface area is 120 Å². The van der Waals surface area contributed by atoms with Crippen molar-refractivity contribution < 1.29 is 23.6 Å². The van der Waals surface area contributed by atoms with Crippen LogP contribution in [0.15, 0.2) is 33.4 Å². The molecule has 7 nitrogen and oxygen atoms in total. The average Bonchev–Trinajstić information content (AvgIpc) is 3.08. The van der Waals surface area contributed by atoms with Crippen molar-refractivity contribution >= 4 is 11.9 Å². The molecule has 2 aromatic rings. The second-order valence-corrected chi connectivity index (χ2v) is 5.05. The molecule has 112 valence electrons. The van der Waals surface area contributed by atoms with E-state index in [1.807, 2.05) is 13.8 Å². The predicted octanol–water partition coefficient (Wildman–Crippen LogP) is 2.16. The molecule has 2 aromatic heterocycles. The lowest BCUT2D eigenvalue weighted by molar-refractivity contribution is -0.139. The molecule has 0 aliphatic rings. The second-order valence-electron chi connectivity index (χ2n) is 5.05. The monoisotopic (exact) mass is 292 g/mol. The number of furan rings is 1. The van der Waals surface area contributed by atoms with E-state index in [-0.39, 0.29) is 11.6 Å². The third-order valence-electron chi connectivity index (χ3n) is 2.82. The van der Waals surface area contributed by atoms with Crippen molar-refractivity contribution in [2.24, 2.45) is 5.92 Å². The third kappa shape index (κ3) is 3.71. The lowest BCUT2D eigenvalue weighted by Gasteiger charge is -2.15. The van der Waals surface area contributed by atoms with Crippen molar-refractivity contribution in [2.45, 2.75) is 26.3 Å². The summed E-state index contributed by atoms with van der Waals surface area (Å²) in [5, 5.41) is 15.2. The van der Waals surface area contributed by atoms with Crippen LogP contribution in [0.4, 0.5) is 0 Å². The average molecular weight is 292 g/mol. The van der Waals surface area contributed by atoms with Crippen LogP contribution < -0.4 is 5.32 Å². The molecule has 0 radical (unpaired) electrons. The summed E-state index contributed by atoms with van der Waals surface area (Å²) < 4.78 is 10.1. The summed E-state index contributed by atoms with van der Waals surface area (Å²) in [7, 11) is 0. The van der Waals surface area contributed by atoms with Crippen LogP contribution in [-0.2, 0) is 4.79 Å². The number of carbonyl (C=O) groups is 2. The summed E-state index contributed by atoms with van der Waals surface area (Å²) in [6.45, 7) is 3.76. The van der Waals surface area contributed by atoms with Crippen LogP contribution in [-0.4, -0.2) is 28.2 Å². The van der Waals surface area contributed by atoms with Gasteiger partial charge in [0.05, 0.1) is 6.26 Å². The van der Waals surface area contributed by atoms with Gasteiger partial charge in [0.25, 0.3) is 5.91 Å². The molecule has 0 aromatic carbocycles. The maximum Gasteiger partial charge on any atom is 0.326 e. The van der Waals surface area contributed by atoms with Gasteiger partial charge in [0.15, 0.2) is 11.5 Å². The first-order chi connectivity index (χ1) is 9.97. The van der Waals surface area contributed by atoms with Crippen molar-refractivity contribution in [3.8, 4) is 11.5 Å². The third-order valence-corrected chi connectivity index (χ3v) is 2.82. The van der Waals surface area contributed by atoms with E-state index in [4.69, 9.17) is 14.0 Å². The second kappa shape index (κ2) is 6.25. The quantitative estimate of drug-likeness (QED) is 0.845. The fourth-order valence-corrected chi connectivity index (χ4v) is 1.84. The number of carboxylic acid groups (broad SMARTS) is 1. The van der Waals surface area contributed by atoms with E-state index in [1.165, 1.54) is 12.3 Å². The van der Waals surface area contributed by atoms with Crippen molar-refractivity contribution in [1.29, 1.82) is 0 Å². The number of aromatic nitrogens is 1. The highest BCUT2D eigenvalue weighted by Gasteiger charge is 2.23. The lowest BCUT2D eigenvalue weighted by Crippen LogP contribution is -2.41. The molecular formula is C14H16N2O5. The van der Waals surface area contributed by atoms with Gasteiger partial charge >= 0.3 is 5.97 Å². The van der Waals surface area contributed by atoms with Crippen molar-refractivity contribution in [1.82, 2.24) is 10.5 Å². The summed E-state index contributed by atoms with van der Waals surface area (Å²) in [5.41, 5.74) is 0.0106. The summed E-state index contributed by atoms with van der Waals surface area (Å²) >= 11 is 0. The number of carbonyl (C=O) groups excluding carboxylic acids is 1. The number of amides is 1. The normalized spacial score (nSPS) is 12.3. The topological polar surface area (TPSA) is 106 Å². The lowest BCUT2D eigenvalue weighted by atomic mass is 10.0. The smallest absolute Gasteiger partial charge is 0.326 e. The number of rotatable bonds is 6. The first kappa shape index (κ1) is 14.8. The number of aliphatic carboxylic acids is 1. The molecular weight excluding hydrogens is 276 g/mol. The SMILES string of the molecule is CC(C)CC(NC(=O)c1cc(-c2ccco2)on1)C(=O)O. The number of nitrogens with one attached hydrogen (secondary N) is 1. The molecule has 1 amide bonds. The minimum atomic E-state index is -1.08. The molecule has 21 heavy (non-hydrogen) atoms. The highest BCUT2D eigenvalue weighted by atomic mass is 16.5. The molecule has 0 aliphatic heterocycles. The Morgan fingerprint density at radius 2 is 2.14 bits per heavy atom. The Hall–Kier alpha value is -2.57. The maximum atomic E-state index is 12.0. The van der Waals surface area contributed by atoms with Gasteiger partial charge in [0, 0.05) is 6.07 Å². The van der Waals surface area contributed by atoms with E-state index in [0.29, 0.717) is 17.9 Å². The summed E-state index contributed by atoms with van der Waals surface area (Å²) in [4.78, 5) is 23.1. The standard InChI is InChI=1S/C14H16N2O5/c1-8(2)6-10(14(18)19)15-13(17)9-7-12(21-16-9)11-4-3-5-20-11/h3-5,7-8,10H,6H2,1-2H3,(H,15,17)(H,18,19). The van der Waals surface area contributed by atoms with Gasteiger partial charge in [-0.05, 0) is 24.5 Å². The first-order valence-electron chi connectivity index (χ1n) is 6.51. The minimum absolute atomic E-state index is 0.0106. The fraction of sp³-hybridized carbons (Fsp3) is 0.357. The van der Waals surface area contributed by atoms with Crippen LogP contribution in [0.3, 0.4) is 0 Å². The van der Waals surface area contributed by atoms with Gasteiger partial charge in [-0.2, -0.15) is 0 Å². The van der Waals surface area contributed by atoms with Crippen LogP contribution >= 0.6 is 0 Å². The van der Waals surface area contributed by atoms with Crippen molar-refractivity contribution in [3.05, 3.63) is 30.2 Å². The van der Waals surface area contributed by atoms with Crippen molar-refractivity contribution in [3.63, 3.8) is 0 Å². The molecule has 0 bridgehead atoms. The number of hydrogen-bond donors (Lipinski definition) is 2. The van der Waals surface area contributed by atoms with Gasteiger partial charge in [0.2, 0.25) is 5.76 Å². The van der Waals surface area contributed by atoms with E-state index >= 15 is 0 Å². The van der Waals surface area contributed by atoms with E-state index < -0.39 is 17.9 Å². The van der Waals surface area contributed by atoms with Gasteiger partial charge in [-0.3, -0.25) is 4.79 Å². The van der Waals surface area contributed by atoms with Gasteiger partial charge in [0.1, 0.15) is 6.04 Å². The highest BCUT2D eigenvalue weighted by Crippen LogP contribution is 2.20. The summed E-state index contributed by atoms with van der Waals surface area (Å²) in [6, 6.07) is 3.80. The van der Waals surface area contributed by atoms with Crippen LogP contribution in [0.1, 0.15) is 30.8 Å². The Morgan fingerprint density at radius 3 is 2.71 bits per heavy atom. The largest absolute Gasteiger partial charge is 0.480 e. The molecule has 2 N–H and O–H groups in total. The van der Waals surface area contributed by atoms with E-state index in [9.17, 15) is 9.59 Å². The van der Waals surface area contributed by atoms with Gasteiger partial charge in [-0.25, -0.2) is 4.79 Å². The van der Waals surface area contributed by atoms with Gasteiger partial charge in [-0.1, -0.05) is 19.0 Å². The molecule has 1 unspecified atom stereocenters. The predicted molar refractivity (Wildman–Crippen MR) is 72.6 cm³/mol. The molecule has 1 atom stereocenters. The zero-order valence-electron chi connectivity index (χ0n) is 11.7. The molecule has 7 heteroatoms. The minimum Gasteiger partial charge on any atom is -0.480 e. The van der Waals surface area contributed by atoms with Crippen LogP contribution in [0.5, 0.6) is 0 Å². The first-order valence-corrected chi connectivity index (χ1v) is 6.51. The van der Waals surface area contributed by atoms with Crippen LogP contribution in [0.25, 0.3) is 11.5 Å². The van der Waals surface area contributed by atoms with E-state index in [2.05, 4.69) is 10.5 Å². The Balaban J connectivity index is 2.07. The zero-order valence-corrected chi connectivity index (χ0v) is 11.7. The zero-order chi connectivity index (χ0) is 15.4. The van der Waals surface area contributed by atoms with E-state index in [0.717, 1.165) is 0 Å². The van der Waals surface area contributed by atoms with Crippen LogP contribution in [0.2, 0.25) is 0 Å². The van der Waals surface area contributed by atoms with Gasteiger partial charge in [-0.15, -0.1) is 0 Å². The highest BCUT2D eigenvalue weighted by molar-refractivity contribution is 5.95. The molecule has 2 heterocycles. The Morgan fingerprint density at radius 1 is 1.38 bits per heavy atom. The molecule has 0 aliphatic carbocycles. The molecule has 0 fully saturated rings. The summed E-state index contributed by atoms with van der Waals surface area (Å²) in [6.07, 6.45) is 1.81. The Kier molecular flexibility index (Phi) is 4.42. The molecule has 0 saturated carbocycles. The van der Waals surface area contributed by atoms with Crippen molar-refractivity contribution in [2.75, 3.05) is 0 Å². The maximum absolute atomic E-state index is 12.0. The molecule has 0 saturated heterocycles. The Bertz CT molecular complexity index is 615. The van der Waals surface area contributed by atoms with Crippen LogP contribution in [0, 0.1) is 5.92 Å². The number of nitrogens with zero attached hydrogens (tertiary/aromatic N) is 1. The fourth-order valence-electron chi connectivity index (χ4n) is 1.84. The summed E-state index contributed by atoms with van der Waals surface area (Å²) in [5.74, 6) is -0.779. The molecule has 2 rings (SSSR count). The number of hydrogen-bond acceptors (Lipinski definition) is 5. The molecule has 0 spiro atoms. The van der Waals surface area contributed by atoms with Gasteiger partial charge < -0.3 is 19.4 Å². The number of carboxylic acids is 1. The van der Waals surface area contributed by atoms with E-state index in [1.54, 1.807) is 12.1 Å².